The summed E-state index contributed by atoms with van der Waals surface area (Å²) in [6, 6.07) is 3.56. The largest absolute Gasteiger partial charge is 0.496 e. The fourth-order valence-electron chi connectivity index (χ4n) is 1.37. The third-order valence-electron chi connectivity index (χ3n) is 2.31. The van der Waals surface area contributed by atoms with Gasteiger partial charge in [-0.3, -0.25) is 0 Å². The van der Waals surface area contributed by atoms with Crippen molar-refractivity contribution in [3.05, 3.63) is 31.9 Å². The van der Waals surface area contributed by atoms with Gasteiger partial charge < -0.3 is 14.9 Å². The molecule has 1 aromatic carbocycles. The van der Waals surface area contributed by atoms with Gasteiger partial charge in [0.05, 0.1) is 16.1 Å². The van der Waals surface area contributed by atoms with E-state index in [1.165, 1.54) is 6.33 Å². The van der Waals surface area contributed by atoms with Crippen molar-refractivity contribution in [3.8, 4) is 17.4 Å². The van der Waals surface area contributed by atoms with Gasteiger partial charge in [-0.05, 0) is 59.9 Å². The highest BCUT2D eigenvalue weighted by Gasteiger charge is 2.14. The predicted octanol–water partition coefficient (Wildman–Crippen LogP) is 3.85. The normalized spacial score (nSPS) is 10.2. The molecule has 1 heterocycles. The average molecular weight is 469 g/mol. The van der Waals surface area contributed by atoms with Crippen molar-refractivity contribution in [1.29, 1.82) is 0 Å². The minimum Gasteiger partial charge on any atom is -0.496 e. The molecule has 2 aromatic rings. The summed E-state index contributed by atoms with van der Waals surface area (Å²) < 4.78 is 13.0. The number of nitrogens with zero attached hydrogens (tertiary/aromatic N) is 2. The van der Waals surface area contributed by atoms with E-state index in [1.807, 2.05) is 0 Å². The van der Waals surface area contributed by atoms with E-state index in [9.17, 15) is 0 Å². The second-order valence-electron chi connectivity index (χ2n) is 3.50. The molecule has 6 nitrogen and oxygen atoms in total. The zero-order valence-electron chi connectivity index (χ0n) is 10.2. The number of nitrogens with one attached hydrogen (secondary N) is 1. The summed E-state index contributed by atoms with van der Waals surface area (Å²) in [5.74, 6) is 7.37. The van der Waals surface area contributed by atoms with E-state index in [0.717, 1.165) is 8.95 Å². The van der Waals surface area contributed by atoms with E-state index in [2.05, 4.69) is 63.2 Å². The standard InChI is InChI=1S/C11H9Br3N4O2/c1-19-7-2-6(13)8(3-5(7)12)20-11-9(14)10(18-15)16-4-17-11/h2-4H,15H2,1H3,(H,16,17,18). The van der Waals surface area contributed by atoms with Crippen LogP contribution < -0.4 is 20.7 Å². The Morgan fingerprint density at radius 1 is 1.10 bits per heavy atom. The van der Waals surface area contributed by atoms with Crippen LogP contribution in [-0.4, -0.2) is 17.1 Å². The van der Waals surface area contributed by atoms with Gasteiger partial charge in [0.1, 0.15) is 22.3 Å². The van der Waals surface area contributed by atoms with E-state index in [0.29, 0.717) is 27.7 Å². The monoisotopic (exact) mass is 466 g/mol. The number of hydrazine groups is 1. The van der Waals surface area contributed by atoms with Crippen molar-refractivity contribution in [2.45, 2.75) is 0 Å². The molecule has 0 radical (unpaired) electrons. The van der Waals surface area contributed by atoms with Gasteiger partial charge in [-0.15, -0.1) is 0 Å². The number of rotatable bonds is 4. The summed E-state index contributed by atoms with van der Waals surface area (Å²) in [7, 11) is 1.59. The van der Waals surface area contributed by atoms with Crippen LogP contribution in [-0.2, 0) is 0 Å². The Morgan fingerprint density at radius 3 is 2.40 bits per heavy atom. The highest BCUT2D eigenvalue weighted by atomic mass is 79.9. The molecule has 0 bridgehead atoms. The van der Waals surface area contributed by atoms with Crippen molar-refractivity contribution < 1.29 is 9.47 Å². The first kappa shape index (κ1) is 15.5. The Kier molecular flexibility index (Phi) is 5.19. The summed E-state index contributed by atoms with van der Waals surface area (Å²) in [4.78, 5) is 8.00. The molecule has 0 aliphatic heterocycles. The quantitative estimate of drug-likeness (QED) is 0.524. The van der Waals surface area contributed by atoms with Crippen molar-refractivity contribution in [1.82, 2.24) is 9.97 Å². The maximum Gasteiger partial charge on any atom is 0.238 e. The number of benzene rings is 1. The molecule has 3 N–H and O–H groups in total. The van der Waals surface area contributed by atoms with Crippen molar-refractivity contribution in [3.63, 3.8) is 0 Å². The number of aromatic nitrogens is 2. The van der Waals surface area contributed by atoms with Gasteiger partial charge >= 0.3 is 0 Å². The summed E-state index contributed by atoms with van der Waals surface area (Å²) in [5.41, 5.74) is 2.45. The molecule has 0 aliphatic rings. The van der Waals surface area contributed by atoms with Gasteiger partial charge in [0.15, 0.2) is 5.82 Å². The van der Waals surface area contributed by atoms with E-state index >= 15 is 0 Å². The molecule has 9 heteroatoms. The van der Waals surface area contributed by atoms with Gasteiger partial charge in [0.25, 0.3) is 0 Å². The predicted molar refractivity (Wildman–Crippen MR) is 86.0 cm³/mol. The Hall–Kier alpha value is -0.900. The number of methoxy groups -OCH3 is 1. The third-order valence-corrected chi connectivity index (χ3v) is 4.26. The SMILES string of the molecule is COc1cc(Br)c(Oc2ncnc(NN)c2Br)cc1Br. The van der Waals surface area contributed by atoms with Gasteiger partial charge in [-0.1, -0.05) is 0 Å². The molecule has 0 spiro atoms. The Morgan fingerprint density at radius 2 is 1.75 bits per heavy atom. The number of hydrogen-bond acceptors (Lipinski definition) is 6. The number of hydrogen-bond donors (Lipinski definition) is 2. The van der Waals surface area contributed by atoms with Crippen LogP contribution in [0.3, 0.4) is 0 Å². The number of ether oxygens (including phenoxy) is 2. The van der Waals surface area contributed by atoms with E-state index in [-0.39, 0.29) is 0 Å². The van der Waals surface area contributed by atoms with Crippen LogP contribution in [0.25, 0.3) is 0 Å². The summed E-state index contributed by atoms with van der Waals surface area (Å²) >= 11 is 10.1. The van der Waals surface area contributed by atoms with Gasteiger partial charge in [-0.2, -0.15) is 0 Å². The maximum atomic E-state index is 5.74. The van der Waals surface area contributed by atoms with Crippen LogP contribution in [0.2, 0.25) is 0 Å². The number of nitrogens with two attached hydrogens (primary N) is 1. The minimum absolute atomic E-state index is 0.339. The van der Waals surface area contributed by atoms with Gasteiger partial charge in [0, 0.05) is 0 Å². The lowest BCUT2D eigenvalue weighted by Crippen LogP contribution is -2.09. The summed E-state index contributed by atoms with van der Waals surface area (Å²) in [6.07, 6.45) is 1.35. The fourth-order valence-corrected chi connectivity index (χ4v) is 2.66. The van der Waals surface area contributed by atoms with Crippen LogP contribution >= 0.6 is 47.8 Å². The van der Waals surface area contributed by atoms with Crippen LogP contribution in [0.5, 0.6) is 17.4 Å². The number of nitrogen functional groups attached to an aromatic ring is 1. The van der Waals surface area contributed by atoms with Gasteiger partial charge in [-0.25, -0.2) is 15.8 Å². The smallest absolute Gasteiger partial charge is 0.238 e. The van der Waals surface area contributed by atoms with E-state index in [4.69, 9.17) is 15.3 Å². The molecule has 0 aliphatic carbocycles. The van der Waals surface area contributed by atoms with Crippen molar-refractivity contribution >= 4 is 53.6 Å². The molecule has 2 rings (SSSR count). The van der Waals surface area contributed by atoms with Crippen LogP contribution in [0.1, 0.15) is 0 Å². The number of halogens is 3. The molecule has 20 heavy (non-hydrogen) atoms. The Balaban J connectivity index is 2.38. The van der Waals surface area contributed by atoms with Crippen LogP contribution in [0.15, 0.2) is 31.9 Å². The molecular weight excluding hydrogens is 460 g/mol. The first-order valence-corrected chi connectivity index (χ1v) is 7.62. The zero-order valence-corrected chi connectivity index (χ0v) is 14.9. The van der Waals surface area contributed by atoms with Crippen molar-refractivity contribution in [2.24, 2.45) is 5.84 Å². The molecule has 0 amide bonds. The third kappa shape index (κ3) is 3.22. The minimum atomic E-state index is 0.339. The highest BCUT2D eigenvalue weighted by Crippen LogP contribution is 2.39. The summed E-state index contributed by atoms with van der Waals surface area (Å²) in [5, 5.41) is 0. The lowest BCUT2D eigenvalue weighted by atomic mass is 10.3. The molecule has 0 saturated heterocycles. The second kappa shape index (κ2) is 6.70. The Labute approximate surface area is 140 Å². The zero-order chi connectivity index (χ0) is 14.7. The highest BCUT2D eigenvalue weighted by molar-refractivity contribution is 9.11. The van der Waals surface area contributed by atoms with Gasteiger partial charge in [0.2, 0.25) is 5.88 Å². The van der Waals surface area contributed by atoms with Crippen LogP contribution in [0.4, 0.5) is 5.82 Å². The fraction of sp³-hybridized carbons (Fsp3) is 0.0909. The first-order valence-electron chi connectivity index (χ1n) is 5.24. The molecule has 0 saturated carbocycles. The molecule has 0 atom stereocenters. The molecule has 1 aromatic heterocycles. The lowest BCUT2D eigenvalue weighted by molar-refractivity contribution is 0.408. The maximum absolute atomic E-state index is 5.74. The molecule has 0 fully saturated rings. The first-order chi connectivity index (χ1) is 9.56. The molecule has 106 valence electrons. The average Bonchev–Trinajstić information content (AvgIpc) is 2.44. The molecule has 0 unspecified atom stereocenters. The van der Waals surface area contributed by atoms with Crippen molar-refractivity contribution in [2.75, 3.05) is 12.5 Å². The number of anilines is 1. The van der Waals surface area contributed by atoms with E-state index < -0.39 is 0 Å². The Bertz CT molecular complexity index is 639. The van der Waals surface area contributed by atoms with E-state index in [1.54, 1.807) is 19.2 Å². The molecular formula is C11H9Br3N4O2. The second-order valence-corrected chi connectivity index (χ2v) is 6.01. The topological polar surface area (TPSA) is 82.3 Å². The van der Waals surface area contributed by atoms with Crippen LogP contribution in [0, 0.1) is 0 Å². The lowest BCUT2D eigenvalue weighted by Gasteiger charge is -2.12. The summed E-state index contributed by atoms with van der Waals surface area (Å²) in [6.45, 7) is 0.